The largest absolute Gasteiger partial charge is 0.348 e. The number of amides is 3. The van der Waals surface area contributed by atoms with Crippen LogP contribution in [-0.2, 0) is 11.3 Å². The molecular weight excluding hydrogens is 321 g/mol. The van der Waals surface area contributed by atoms with Gasteiger partial charge in [-0.2, -0.15) is 0 Å². The molecule has 0 saturated heterocycles. The minimum atomic E-state index is -0.317. The van der Waals surface area contributed by atoms with E-state index in [1.54, 1.807) is 50.5 Å². The fraction of sp³-hybridized carbons (Fsp3) is 0.158. The molecule has 5 nitrogen and oxygen atoms in total. The number of benzene rings is 2. The molecule has 2 aromatic carbocycles. The van der Waals surface area contributed by atoms with E-state index < -0.39 is 0 Å². The summed E-state index contributed by atoms with van der Waals surface area (Å²) >= 11 is 0. The summed E-state index contributed by atoms with van der Waals surface area (Å²) in [6, 6.07) is 12.9. The third kappa shape index (κ3) is 6.10. The Bertz CT molecular complexity index is 770. The average Bonchev–Trinajstić information content (AvgIpc) is 2.59. The molecule has 2 aromatic rings. The average molecular weight is 341 g/mol. The molecule has 0 radical (unpaired) electrons. The lowest BCUT2D eigenvalue weighted by Gasteiger charge is -2.12. The highest BCUT2D eigenvalue weighted by molar-refractivity contribution is 5.91. The number of halogens is 1. The van der Waals surface area contributed by atoms with Crippen molar-refractivity contribution in [3.8, 4) is 0 Å². The minimum absolute atomic E-state index is 0.219. The van der Waals surface area contributed by atoms with Crippen molar-refractivity contribution in [2.75, 3.05) is 19.4 Å². The van der Waals surface area contributed by atoms with Crippen LogP contribution in [0, 0.1) is 5.82 Å². The third-order valence-electron chi connectivity index (χ3n) is 3.35. The second-order valence-corrected chi connectivity index (χ2v) is 5.63. The summed E-state index contributed by atoms with van der Waals surface area (Å²) in [6.45, 7) is 0.332. The van der Waals surface area contributed by atoms with Crippen LogP contribution in [0.4, 0.5) is 14.9 Å². The van der Waals surface area contributed by atoms with E-state index in [9.17, 15) is 14.0 Å². The molecule has 0 heterocycles. The lowest BCUT2D eigenvalue weighted by Crippen LogP contribution is -2.27. The molecular formula is C19H20FN3O2. The quantitative estimate of drug-likeness (QED) is 0.820. The van der Waals surface area contributed by atoms with Crippen LogP contribution >= 0.6 is 0 Å². The first-order valence-electron chi connectivity index (χ1n) is 7.73. The Hall–Kier alpha value is -3.15. The Morgan fingerprint density at radius 1 is 1.12 bits per heavy atom. The van der Waals surface area contributed by atoms with Gasteiger partial charge in [0.05, 0.1) is 0 Å². The number of rotatable bonds is 5. The Kier molecular flexibility index (Phi) is 6.28. The normalized spacial score (nSPS) is 10.5. The van der Waals surface area contributed by atoms with Crippen LogP contribution in [0.5, 0.6) is 0 Å². The minimum Gasteiger partial charge on any atom is -0.348 e. The van der Waals surface area contributed by atoms with E-state index in [0.717, 1.165) is 11.1 Å². The highest BCUT2D eigenvalue weighted by Crippen LogP contribution is 2.11. The van der Waals surface area contributed by atoms with Gasteiger partial charge >= 0.3 is 6.03 Å². The summed E-state index contributed by atoms with van der Waals surface area (Å²) in [5.41, 5.74) is 2.26. The van der Waals surface area contributed by atoms with Gasteiger partial charge in [-0.25, -0.2) is 9.18 Å². The standard InChI is InChI=1S/C19H20FN3O2/c1-23(2)19(25)22-17-5-3-4-15(12-17)13-21-18(24)11-8-14-6-9-16(20)10-7-14/h3-12H,13H2,1-2H3,(H,21,24)(H,22,25)/b11-8+. The van der Waals surface area contributed by atoms with Crippen molar-refractivity contribution in [2.24, 2.45) is 0 Å². The number of carbonyl (C=O) groups is 2. The number of nitrogens with zero attached hydrogens (tertiary/aromatic N) is 1. The fourth-order valence-electron chi connectivity index (χ4n) is 1.99. The van der Waals surface area contributed by atoms with Gasteiger partial charge in [0.2, 0.25) is 5.91 Å². The molecule has 3 amide bonds. The van der Waals surface area contributed by atoms with Crippen LogP contribution in [0.3, 0.4) is 0 Å². The first kappa shape index (κ1) is 18.2. The second-order valence-electron chi connectivity index (χ2n) is 5.63. The van der Waals surface area contributed by atoms with Crippen LogP contribution < -0.4 is 10.6 Å². The van der Waals surface area contributed by atoms with E-state index in [-0.39, 0.29) is 17.8 Å². The monoisotopic (exact) mass is 341 g/mol. The molecule has 0 fully saturated rings. The van der Waals surface area contributed by atoms with Gasteiger partial charge in [-0.05, 0) is 41.5 Å². The molecule has 0 spiro atoms. The molecule has 130 valence electrons. The van der Waals surface area contributed by atoms with Crippen molar-refractivity contribution in [1.82, 2.24) is 10.2 Å². The van der Waals surface area contributed by atoms with E-state index in [1.165, 1.54) is 23.1 Å². The summed E-state index contributed by atoms with van der Waals surface area (Å²) in [4.78, 5) is 24.9. The van der Waals surface area contributed by atoms with Crippen LogP contribution in [0.1, 0.15) is 11.1 Å². The summed E-state index contributed by atoms with van der Waals surface area (Å²) in [7, 11) is 3.32. The summed E-state index contributed by atoms with van der Waals surface area (Å²) in [6.07, 6.45) is 3.01. The Labute approximate surface area is 146 Å². The van der Waals surface area contributed by atoms with Gasteiger partial charge in [0.15, 0.2) is 0 Å². The molecule has 0 aliphatic rings. The maximum Gasteiger partial charge on any atom is 0.321 e. The lowest BCUT2D eigenvalue weighted by atomic mass is 10.2. The number of urea groups is 1. The highest BCUT2D eigenvalue weighted by Gasteiger charge is 2.04. The van der Waals surface area contributed by atoms with Gasteiger partial charge < -0.3 is 15.5 Å². The number of hydrogen-bond donors (Lipinski definition) is 2. The maximum absolute atomic E-state index is 12.8. The van der Waals surface area contributed by atoms with Crippen LogP contribution in [0.25, 0.3) is 6.08 Å². The first-order chi connectivity index (χ1) is 11.9. The van der Waals surface area contributed by atoms with Crippen molar-refractivity contribution < 1.29 is 14.0 Å². The van der Waals surface area contributed by atoms with Gasteiger partial charge in [0, 0.05) is 32.4 Å². The zero-order valence-corrected chi connectivity index (χ0v) is 14.1. The zero-order valence-electron chi connectivity index (χ0n) is 14.1. The topological polar surface area (TPSA) is 61.4 Å². The number of carbonyl (C=O) groups excluding carboxylic acids is 2. The van der Waals surface area contributed by atoms with Gasteiger partial charge in [0.1, 0.15) is 5.82 Å². The summed E-state index contributed by atoms with van der Waals surface area (Å²) in [5, 5.41) is 5.51. The van der Waals surface area contributed by atoms with Gasteiger partial charge in [0.25, 0.3) is 0 Å². The Balaban J connectivity index is 1.89. The van der Waals surface area contributed by atoms with Crippen molar-refractivity contribution in [3.63, 3.8) is 0 Å². The van der Waals surface area contributed by atoms with Gasteiger partial charge in [-0.1, -0.05) is 24.3 Å². The van der Waals surface area contributed by atoms with Crippen LogP contribution in [0.15, 0.2) is 54.6 Å². The van der Waals surface area contributed by atoms with E-state index in [0.29, 0.717) is 12.2 Å². The molecule has 0 aliphatic heterocycles. The first-order valence-corrected chi connectivity index (χ1v) is 7.73. The molecule has 0 aromatic heterocycles. The SMILES string of the molecule is CN(C)C(=O)Nc1cccc(CNC(=O)/C=C/c2ccc(F)cc2)c1. The maximum atomic E-state index is 12.8. The molecule has 0 bridgehead atoms. The molecule has 25 heavy (non-hydrogen) atoms. The lowest BCUT2D eigenvalue weighted by molar-refractivity contribution is -0.116. The zero-order chi connectivity index (χ0) is 18.2. The summed E-state index contributed by atoms with van der Waals surface area (Å²) in [5.74, 6) is -0.574. The van der Waals surface area contributed by atoms with Crippen molar-refractivity contribution >= 4 is 23.7 Å². The number of nitrogens with one attached hydrogen (secondary N) is 2. The second kappa shape index (κ2) is 8.63. The number of anilines is 1. The molecule has 2 N–H and O–H groups in total. The Morgan fingerprint density at radius 3 is 2.52 bits per heavy atom. The number of hydrogen-bond acceptors (Lipinski definition) is 2. The highest BCUT2D eigenvalue weighted by atomic mass is 19.1. The predicted molar refractivity (Wildman–Crippen MR) is 96.4 cm³/mol. The van der Waals surface area contributed by atoms with Gasteiger partial charge in [-0.3, -0.25) is 4.79 Å². The fourth-order valence-corrected chi connectivity index (χ4v) is 1.99. The van der Waals surface area contributed by atoms with E-state index in [1.807, 2.05) is 6.07 Å². The van der Waals surface area contributed by atoms with E-state index in [4.69, 9.17) is 0 Å². The van der Waals surface area contributed by atoms with Crippen LogP contribution in [0.2, 0.25) is 0 Å². The Morgan fingerprint density at radius 2 is 1.84 bits per heavy atom. The van der Waals surface area contributed by atoms with E-state index >= 15 is 0 Å². The van der Waals surface area contributed by atoms with Crippen LogP contribution in [-0.4, -0.2) is 30.9 Å². The molecule has 6 heteroatoms. The molecule has 0 atom stereocenters. The summed E-state index contributed by atoms with van der Waals surface area (Å²) < 4.78 is 12.8. The van der Waals surface area contributed by atoms with Gasteiger partial charge in [-0.15, -0.1) is 0 Å². The van der Waals surface area contributed by atoms with E-state index in [2.05, 4.69) is 10.6 Å². The predicted octanol–water partition coefficient (Wildman–Crippen LogP) is 3.25. The smallest absolute Gasteiger partial charge is 0.321 e. The van der Waals surface area contributed by atoms with Crippen molar-refractivity contribution in [2.45, 2.75) is 6.54 Å². The van der Waals surface area contributed by atoms with Crippen molar-refractivity contribution in [3.05, 3.63) is 71.6 Å². The molecule has 0 saturated carbocycles. The van der Waals surface area contributed by atoms with Crippen molar-refractivity contribution in [1.29, 1.82) is 0 Å². The third-order valence-corrected chi connectivity index (χ3v) is 3.35. The molecule has 0 aliphatic carbocycles. The molecule has 2 rings (SSSR count). The molecule has 0 unspecified atom stereocenters.